The fourth-order valence-electron chi connectivity index (χ4n) is 2.65. The molecule has 25 heavy (non-hydrogen) atoms. The van der Waals surface area contributed by atoms with E-state index < -0.39 is 12.1 Å². The summed E-state index contributed by atoms with van der Waals surface area (Å²) in [6.45, 7) is 0.531. The number of carbonyl (C=O) groups excluding carboxylic acids is 3. The largest absolute Gasteiger partial charge is 0.467 e. The van der Waals surface area contributed by atoms with E-state index >= 15 is 0 Å². The third kappa shape index (κ3) is 4.26. The molecule has 130 valence electrons. The van der Waals surface area contributed by atoms with E-state index in [1.807, 2.05) is 30.3 Å². The molecule has 7 nitrogen and oxygen atoms in total. The zero-order valence-corrected chi connectivity index (χ0v) is 13.6. The van der Waals surface area contributed by atoms with Crippen molar-refractivity contribution in [3.05, 3.63) is 60.1 Å². The second kappa shape index (κ2) is 7.65. The van der Waals surface area contributed by atoms with Gasteiger partial charge in [-0.1, -0.05) is 30.3 Å². The fourth-order valence-corrected chi connectivity index (χ4v) is 2.65. The molecule has 2 heterocycles. The predicted octanol–water partition coefficient (Wildman–Crippen LogP) is 1.80. The number of carbonyl (C=O) groups is 3. The van der Waals surface area contributed by atoms with Gasteiger partial charge in [-0.3, -0.25) is 14.5 Å². The standard InChI is InChI=1S/C18H19N3O4/c22-16(19-11-14-7-4-10-25-14)9-8-15-17(23)21(18(24)20-15)12-13-5-2-1-3-6-13/h1-7,10,15H,8-9,11-12H2,(H,19,22)(H,20,24)/t15-/m1/s1. The summed E-state index contributed by atoms with van der Waals surface area (Å²) in [6, 6.07) is 11.7. The van der Waals surface area contributed by atoms with E-state index in [2.05, 4.69) is 10.6 Å². The lowest BCUT2D eigenvalue weighted by molar-refractivity contribution is -0.128. The number of amides is 4. The molecule has 2 N–H and O–H groups in total. The summed E-state index contributed by atoms with van der Waals surface area (Å²) >= 11 is 0. The number of urea groups is 1. The van der Waals surface area contributed by atoms with E-state index in [1.54, 1.807) is 12.1 Å². The average molecular weight is 341 g/mol. The summed E-state index contributed by atoms with van der Waals surface area (Å²) in [5.74, 6) is 0.167. The summed E-state index contributed by atoms with van der Waals surface area (Å²) in [5, 5.41) is 5.35. The number of hydrogen-bond acceptors (Lipinski definition) is 4. The Bertz CT molecular complexity index is 743. The van der Waals surface area contributed by atoms with Crippen LogP contribution in [0.2, 0.25) is 0 Å². The zero-order valence-electron chi connectivity index (χ0n) is 13.6. The van der Waals surface area contributed by atoms with Crippen molar-refractivity contribution in [2.24, 2.45) is 0 Å². The van der Waals surface area contributed by atoms with Gasteiger partial charge in [-0.2, -0.15) is 0 Å². The number of benzene rings is 1. The van der Waals surface area contributed by atoms with Crippen molar-refractivity contribution in [2.75, 3.05) is 0 Å². The molecule has 4 amide bonds. The van der Waals surface area contributed by atoms with E-state index in [4.69, 9.17) is 4.42 Å². The van der Waals surface area contributed by atoms with Crippen LogP contribution in [0.25, 0.3) is 0 Å². The van der Waals surface area contributed by atoms with Crippen LogP contribution in [0.3, 0.4) is 0 Å². The number of hydrogen-bond donors (Lipinski definition) is 2. The van der Waals surface area contributed by atoms with Crippen LogP contribution in [0.5, 0.6) is 0 Å². The SMILES string of the molecule is O=C(CC[C@H]1NC(=O)N(Cc2ccccc2)C1=O)NCc1ccco1. The van der Waals surface area contributed by atoms with Gasteiger partial charge in [-0.25, -0.2) is 4.79 Å². The van der Waals surface area contributed by atoms with Gasteiger partial charge in [0.1, 0.15) is 11.8 Å². The van der Waals surface area contributed by atoms with E-state index in [0.29, 0.717) is 12.3 Å². The molecule has 0 spiro atoms. The van der Waals surface area contributed by atoms with Gasteiger partial charge in [-0.05, 0) is 24.1 Å². The average Bonchev–Trinajstić information content (AvgIpc) is 3.23. The number of nitrogens with one attached hydrogen (secondary N) is 2. The number of rotatable bonds is 7. The van der Waals surface area contributed by atoms with Crippen LogP contribution in [-0.4, -0.2) is 28.8 Å². The molecule has 1 aromatic carbocycles. The van der Waals surface area contributed by atoms with Crippen LogP contribution < -0.4 is 10.6 Å². The first kappa shape index (κ1) is 16.8. The maximum atomic E-state index is 12.4. The van der Waals surface area contributed by atoms with Gasteiger partial charge >= 0.3 is 6.03 Å². The Morgan fingerprint density at radius 2 is 1.96 bits per heavy atom. The van der Waals surface area contributed by atoms with E-state index in [1.165, 1.54) is 11.2 Å². The van der Waals surface area contributed by atoms with Crippen molar-refractivity contribution in [3.63, 3.8) is 0 Å². The van der Waals surface area contributed by atoms with Gasteiger partial charge in [-0.15, -0.1) is 0 Å². The molecule has 1 fully saturated rings. The Balaban J connectivity index is 1.47. The van der Waals surface area contributed by atoms with Gasteiger partial charge < -0.3 is 15.1 Å². The van der Waals surface area contributed by atoms with Crippen LogP contribution >= 0.6 is 0 Å². The number of furan rings is 1. The highest BCUT2D eigenvalue weighted by Gasteiger charge is 2.37. The number of nitrogens with zero attached hydrogens (tertiary/aromatic N) is 1. The summed E-state index contributed by atoms with van der Waals surface area (Å²) in [4.78, 5) is 37.4. The normalized spacial score (nSPS) is 16.8. The van der Waals surface area contributed by atoms with Crippen LogP contribution in [-0.2, 0) is 22.7 Å². The van der Waals surface area contributed by atoms with Crippen molar-refractivity contribution < 1.29 is 18.8 Å². The first-order valence-electron chi connectivity index (χ1n) is 8.08. The van der Waals surface area contributed by atoms with Gasteiger partial charge in [0.15, 0.2) is 0 Å². The highest BCUT2D eigenvalue weighted by Crippen LogP contribution is 2.15. The Morgan fingerprint density at radius 1 is 1.16 bits per heavy atom. The molecule has 1 aromatic heterocycles. The van der Waals surface area contributed by atoms with Crippen molar-refractivity contribution in [3.8, 4) is 0 Å². The molecule has 0 unspecified atom stereocenters. The first-order chi connectivity index (χ1) is 12.1. The molecule has 1 aliphatic heterocycles. The minimum absolute atomic E-state index is 0.149. The quantitative estimate of drug-likeness (QED) is 0.751. The Kier molecular flexibility index (Phi) is 5.13. The van der Waals surface area contributed by atoms with Crippen molar-refractivity contribution in [2.45, 2.75) is 32.0 Å². The van der Waals surface area contributed by atoms with Gasteiger partial charge in [0.2, 0.25) is 5.91 Å². The molecule has 3 rings (SSSR count). The highest BCUT2D eigenvalue weighted by molar-refractivity contribution is 6.04. The predicted molar refractivity (Wildman–Crippen MR) is 89.1 cm³/mol. The van der Waals surface area contributed by atoms with Crippen molar-refractivity contribution in [1.82, 2.24) is 15.5 Å². The summed E-state index contributed by atoms with van der Waals surface area (Å²) < 4.78 is 5.13. The lowest BCUT2D eigenvalue weighted by Crippen LogP contribution is -2.32. The van der Waals surface area contributed by atoms with Crippen LogP contribution in [0.15, 0.2) is 53.1 Å². The first-order valence-corrected chi connectivity index (χ1v) is 8.08. The molecule has 1 saturated heterocycles. The lowest BCUT2D eigenvalue weighted by Gasteiger charge is -2.13. The smallest absolute Gasteiger partial charge is 0.325 e. The Hall–Kier alpha value is -3.09. The topological polar surface area (TPSA) is 91.7 Å². The van der Waals surface area contributed by atoms with Crippen LogP contribution in [0.1, 0.15) is 24.2 Å². The highest BCUT2D eigenvalue weighted by atomic mass is 16.3. The summed E-state index contributed by atoms with van der Waals surface area (Å²) in [7, 11) is 0. The molecule has 1 aliphatic rings. The van der Waals surface area contributed by atoms with Crippen molar-refractivity contribution in [1.29, 1.82) is 0 Å². The van der Waals surface area contributed by atoms with Crippen LogP contribution in [0, 0.1) is 0 Å². The zero-order chi connectivity index (χ0) is 17.6. The minimum Gasteiger partial charge on any atom is -0.467 e. The van der Waals surface area contributed by atoms with E-state index in [-0.39, 0.29) is 31.2 Å². The second-order valence-corrected chi connectivity index (χ2v) is 5.81. The molecule has 0 saturated carbocycles. The summed E-state index contributed by atoms with van der Waals surface area (Å²) in [5.41, 5.74) is 0.878. The summed E-state index contributed by atoms with van der Waals surface area (Å²) in [6.07, 6.45) is 1.95. The monoisotopic (exact) mass is 341 g/mol. The second-order valence-electron chi connectivity index (χ2n) is 5.81. The van der Waals surface area contributed by atoms with Gasteiger partial charge in [0.05, 0.1) is 19.4 Å². The number of imide groups is 1. The Morgan fingerprint density at radius 3 is 2.68 bits per heavy atom. The molecular formula is C18H19N3O4. The molecular weight excluding hydrogens is 322 g/mol. The fraction of sp³-hybridized carbons (Fsp3) is 0.278. The maximum Gasteiger partial charge on any atom is 0.325 e. The maximum absolute atomic E-state index is 12.4. The molecule has 7 heteroatoms. The Labute approximate surface area is 145 Å². The molecule has 0 aliphatic carbocycles. The molecule has 1 atom stereocenters. The van der Waals surface area contributed by atoms with E-state index in [9.17, 15) is 14.4 Å². The van der Waals surface area contributed by atoms with Gasteiger partial charge in [0.25, 0.3) is 5.91 Å². The molecule has 0 radical (unpaired) electrons. The molecule has 2 aromatic rings. The lowest BCUT2D eigenvalue weighted by atomic mass is 10.1. The third-order valence-corrected chi connectivity index (χ3v) is 3.99. The molecule has 0 bridgehead atoms. The third-order valence-electron chi connectivity index (χ3n) is 3.99. The van der Waals surface area contributed by atoms with E-state index in [0.717, 1.165) is 5.56 Å². The van der Waals surface area contributed by atoms with Gasteiger partial charge in [0, 0.05) is 6.42 Å². The van der Waals surface area contributed by atoms with Crippen molar-refractivity contribution >= 4 is 17.8 Å². The minimum atomic E-state index is -0.662. The van der Waals surface area contributed by atoms with Crippen LogP contribution in [0.4, 0.5) is 4.79 Å².